The molecule has 24 heavy (non-hydrogen) atoms. The predicted octanol–water partition coefficient (Wildman–Crippen LogP) is 4.12. The third-order valence-electron chi connectivity index (χ3n) is 3.68. The summed E-state index contributed by atoms with van der Waals surface area (Å²) in [6, 6.07) is 16.2. The van der Waals surface area contributed by atoms with Crippen molar-refractivity contribution < 1.29 is 9.53 Å². The first-order valence-corrected chi connectivity index (χ1v) is 9.31. The fourth-order valence-electron chi connectivity index (χ4n) is 2.24. The Balaban J connectivity index is 1.66. The Morgan fingerprint density at radius 3 is 2.54 bits per heavy atom. The molecule has 0 radical (unpaired) electrons. The van der Waals surface area contributed by atoms with E-state index in [4.69, 9.17) is 4.74 Å². The zero-order valence-corrected chi connectivity index (χ0v) is 15.4. The van der Waals surface area contributed by atoms with Crippen molar-refractivity contribution in [3.8, 4) is 5.75 Å². The molecular formula is C20H25NO2S. The molecule has 2 aromatic carbocycles. The molecule has 0 spiro atoms. The van der Waals surface area contributed by atoms with Crippen LogP contribution in [0.15, 0.2) is 48.5 Å². The van der Waals surface area contributed by atoms with E-state index in [0.717, 1.165) is 11.5 Å². The van der Waals surface area contributed by atoms with E-state index in [1.807, 2.05) is 50.2 Å². The van der Waals surface area contributed by atoms with Crippen molar-refractivity contribution >= 4 is 17.7 Å². The van der Waals surface area contributed by atoms with E-state index in [9.17, 15) is 4.79 Å². The smallest absolute Gasteiger partial charge is 0.230 e. The van der Waals surface area contributed by atoms with E-state index >= 15 is 0 Å². The first-order valence-electron chi connectivity index (χ1n) is 8.15. The molecule has 0 heterocycles. The Kier molecular flexibility index (Phi) is 7.19. The Labute approximate surface area is 148 Å². The molecule has 1 atom stereocenters. The van der Waals surface area contributed by atoms with Crippen molar-refractivity contribution in [3.63, 3.8) is 0 Å². The molecule has 0 saturated carbocycles. The van der Waals surface area contributed by atoms with E-state index in [1.165, 1.54) is 16.7 Å². The molecule has 1 N–H and O–H groups in total. The van der Waals surface area contributed by atoms with Crippen molar-refractivity contribution in [2.24, 2.45) is 0 Å². The number of carbonyl (C=O) groups is 1. The van der Waals surface area contributed by atoms with Crippen LogP contribution in [0.2, 0.25) is 0 Å². The minimum atomic E-state index is -0.0159. The molecule has 0 saturated heterocycles. The molecule has 1 amide bonds. The van der Waals surface area contributed by atoms with E-state index in [1.54, 1.807) is 11.8 Å². The van der Waals surface area contributed by atoms with Gasteiger partial charge in [-0.1, -0.05) is 42.0 Å². The molecule has 3 nitrogen and oxygen atoms in total. The van der Waals surface area contributed by atoms with Crippen molar-refractivity contribution in [1.29, 1.82) is 0 Å². The Bertz CT molecular complexity index is 655. The summed E-state index contributed by atoms with van der Waals surface area (Å²) >= 11 is 1.63. The van der Waals surface area contributed by atoms with Gasteiger partial charge >= 0.3 is 0 Å². The minimum absolute atomic E-state index is 0.0159. The van der Waals surface area contributed by atoms with Gasteiger partial charge in [0.05, 0.1) is 11.8 Å². The summed E-state index contributed by atoms with van der Waals surface area (Å²) in [5.74, 6) is 2.20. The largest absolute Gasteiger partial charge is 0.491 e. The monoisotopic (exact) mass is 343 g/mol. The van der Waals surface area contributed by atoms with Gasteiger partial charge in [0.25, 0.3) is 0 Å². The number of aryl methyl sites for hydroxylation is 2. The summed E-state index contributed by atoms with van der Waals surface area (Å²) in [4.78, 5) is 12.0. The molecule has 0 bridgehead atoms. The Morgan fingerprint density at radius 2 is 1.83 bits per heavy atom. The van der Waals surface area contributed by atoms with Crippen LogP contribution in [0.3, 0.4) is 0 Å². The maximum atomic E-state index is 12.0. The highest BCUT2D eigenvalue weighted by molar-refractivity contribution is 7.99. The van der Waals surface area contributed by atoms with E-state index in [0.29, 0.717) is 12.4 Å². The second-order valence-corrected chi connectivity index (χ2v) is 7.00. The average Bonchev–Trinajstić information content (AvgIpc) is 2.56. The number of amides is 1. The van der Waals surface area contributed by atoms with E-state index in [-0.39, 0.29) is 11.9 Å². The van der Waals surface area contributed by atoms with Crippen LogP contribution < -0.4 is 10.1 Å². The second-order valence-electron chi connectivity index (χ2n) is 6.01. The van der Waals surface area contributed by atoms with Gasteiger partial charge in [-0.3, -0.25) is 4.79 Å². The average molecular weight is 343 g/mol. The predicted molar refractivity (Wildman–Crippen MR) is 102 cm³/mol. The van der Waals surface area contributed by atoms with Crippen LogP contribution in [0.5, 0.6) is 5.75 Å². The zero-order valence-electron chi connectivity index (χ0n) is 14.5. The highest BCUT2D eigenvalue weighted by atomic mass is 32.2. The Morgan fingerprint density at radius 1 is 1.12 bits per heavy atom. The van der Waals surface area contributed by atoms with Gasteiger partial charge < -0.3 is 10.1 Å². The van der Waals surface area contributed by atoms with Gasteiger partial charge in [0.15, 0.2) is 0 Å². The lowest BCUT2D eigenvalue weighted by atomic mass is 10.1. The first kappa shape index (κ1) is 18.4. The maximum absolute atomic E-state index is 12.0. The fraction of sp³-hybridized carbons (Fsp3) is 0.350. The molecule has 0 fully saturated rings. The summed E-state index contributed by atoms with van der Waals surface area (Å²) < 4.78 is 5.69. The molecule has 4 heteroatoms. The lowest BCUT2D eigenvalue weighted by Crippen LogP contribution is -2.37. The highest BCUT2D eigenvalue weighted by Gasteiger charge is 2.09. The third kappa shape index (κ3) is 6.28. The first-order chi connectivity index (χ1) is 11.5. The molecule has 128 valence electrons. The van der Waals surface area contributed by atoms with Gasteiger partial charge in [0.2, 0.25) is 5.91 Å². The van der Waals surface area contributed by atoms with E-state index < -0.39 is 0 Å². The van der Waals surface area contributed by atoms with Crippen LogP contribution in [0.25, 0.3) is 0 Å². The molecule has 0 aromatic heterocycles. The number of rotatable bonds is 8. The summed E-state index contributed by atoms with van der Waals surface area (Å²) in [6.45, 7) is 6.57. The minimum Gasteiger partial charge on any atom is -0.491 e. The van der Waals surface area contributed by atoms with Crippen molar-refractivity contribution in [1.82, 2.24) is 5.32 Å². The van der Waals surface area contributed by atoms with Gasteiger partial charge in [-0.15, -0.1) is 11.8 Å². The number of carbonyl (C=O) groups excluding carboxylic acids is 1. The highest BCUT2D eigenvalue weighted by Crippen LogP contribution is 2.15. The van der Waals surface area contributed by atoms with Crippen molar-refractivity contribution in [2.75, 3.05) is 12.4 Å². The maximum Gasteiger partial charge on any atom is 0.230 e. The third-order valence-corrected chi connectivity index (χ3v) is 4.66. The van der Waals surface area contributed by atoms with Gasteiger partial charge in [0.1, 0.15) is 12.4 Å². The molecule has 0 aliphatic rings. The topological polar surface area (TPSA) is 38.3 Å². The van der Waals surface area contributed by atoms with Crippen molar-refractivity contribution in [3.05, 3.63) is 65.2 Å². The number of thioether (sulfide) groups is 1. The van der Waals surface area contributed by atoms with E-state index in [2.05, 4.69) is 24.4 Å². The standard InChI is InChI=1S/C20H25NO2S/c1-15-8-10-19(11-9-15)23-12-17(3)21-20(22)14-24-13-18-7-5-4-6-16(18)2/h4-11,17H,12-14H2,1-3H3,(H,21,22)/t17-/m1/s1. The number of nitrogens with one attached hydrogen (secondary N) is 1. The van der Waals surface area contributed by atoms with Crippen LogP contribution in [-0.4, -0.2) is 24.3 Å². The van der Waals surface area contributed by atoms with Crippen LogP contribution >= 0.6 is 11.8 Å². The van der Waals surface area contributed by atoms with Gasteiger partial charge in [0, 0.05) is 5.75 Å². The fourth-order valence-corrected chi connectivity index (χ4v) is 3.15. The lowest BCUT2D eigenvalue weighted by molar-refractivity contribution is -0.119. The normalized spacial score (nSPS) is 11.8. The summed E-state index contributed by atoms with van der Waals surface area (Å²) in [5, 5.41) is 2.98. The van der Waals surface area contributed by atoms with Gasteiger partial charge in [-0.25, -0.2) is 0 Å². The number of hydrogen-bond acceptors (Lipinski definition) is 3. The summed E-state index contributed by atoms with van der Waals surface area (Å²) in [6.07, 6.45) is 0. The Hall–Kier alpha value is -1.94. The van der Waals surface area contributed by atoms with Gasteiger partial charge in [-0.05, 0) is 44.0 Å². The molecule has 2 rings (SSSR count). The zero-order chi connectivity index (χ0) is 17.4. The van der Waals surface area contributed by atoms with Crippen LogP contribution in [0, 0.1) is 13.8 Å². The SMILES string of the molecule is Cc1ccc(OC[C@@H](C)NC(=O)CSCc2ccccc2C)cc1. The molecule has 0 aliphatic heterocycles. The second kappa shape index (κ2) is 9.38. The number of ether oxygens (including phenoxy) is 1. The molecule has 0 aliphatic carbocycles. The van der Waals surface area contributed by atoms with Crippen LogP contribution in [-0.2, 0) is 10.5 Å². The quantitative estimate of drug-likeness (QED) is 0.783. The van der Waals surface area contributed by atoms with Crippen LogP contribution in [0.1, 0.15) is 23.6 Å². The lowest BCUT2D eigenvalue weighted by Gasteiger charge is -2.15. The number of benzene rings is 2. The molecular weight excluding hydrogens is 318 g/mol. The number of hydrogen-bond donors (Lipinski definition) is 1. The molecule has 2 aromatic rings. The van der Waals surface area contributed by atoms with Crippen molar-refractivity contribution in [2.45, 2.75) is 32.6 Å². The van der Waals surface area contributed by atoms with Gasteiger partial charge in [-0.2, -0.15) is 0 Å². The summed E-state index contributed by atoms with van der Waals surface area (Å²) in [5.41, 5.74) is 3.76. The van der Waals surface area contributed by atoms with Crippen LogP contribution in [0.4, 0.5) is 0 Å². The summed E-state index contributed by atoms with van der Waals surface area (Å²) in [7, 11) is 0. The molecule has 0 unspecified atom stereocenters.